The number of rotatable bonds is 3. The molecule has 1 aliphatic rings. The van der Waals surface area contributed by atoms with E-state index in [1.165, 1.54) is 16.2 Å². The van der Waals surface area contributed by atoms with Gasteiger partial charge in [-0.25, -0.2) is 0 Å². The molecule has 0 saturated carbocycles. The third kappa shape index (κ3) is 3.49. The molecule has 2 heterocycles. The molecule has 1 fully saturated rings. The molecule has 0 aliphatic carbocycles. The van der Waals surface area contributed by atoms with Crippen molar-refractivity contribution in [2.24, 2.45) is 0 Å². The van der Waals surface area contributed by atoms with E-state index < -0.39 is 17.7 Å². The Morgan fingerprint density at radius 3 is 2.53 bits per heavy atom. The van der Waals surface area contributed by atoms with Gasteiger partial charge < -0.3 is 5.11 Å². The molecular formula is C23H17BrClNO3S. The first kappa shape index (κ1) is 20.8. The van der Waals surface area contributed by atoms with E-state index in [4.69, 9.17) is 11.6 Å². The molecule has 2 aromatic carbocycles. The zero-order valence-corrected chi connectivity index (χ0v) is 19.3. The maximum Gasteiger partial charge on any atom is 0.300 e. The predicted molar refractivity (Wildman–Crippen MR) is 124 cm³/mol. The first-order valence-corrected chi connectivity index (χ1v) is 11.2. The van der Waals surface area contributed by atoms with E-state index in [1.807, 2.05) is 37.4 Å². The standard InChI is InChI=1S/C23H17BrClNO3S/c1-12-5-7-15(25)11-17(12)26-20(18-4-3-9-30-18)19(22(28)23(26)29)21(27)14-6-8-16(24)13(2)10-14/h3-11,20,27H,1-2H3/b21-19-. The molecule has 1 aliphatic heterocycles. The number of halogens is 2. The van der Waals surface area contributed by atoms with Gasteiger partial charge in [0.15, 0.2) is 0 Å². The van der Waals surface area contributed by atoms with Crippen LogP contribution < -0.4 is 4.90 Å². The number of aliphatic hydroxyl groups excluding tert-OH is 1. The van der Waals surface area contributed by atoms with Crippen LogP contribution in [0.3, 0.4) is 0 Å². The third-order valence-corrected chi connectivity index (χ3v) is 7.17. The number of Topliss-reactive ketones (excluding diaryl/α,β-unsaturated/α-hetero) is 1. The monoisotopic (exact) mass is 501 g/mol. The second kappa shape index (κ2) is 8.02. The van der Waals surface area contributed by atoms with Gasteiger partial charge in [-0.2, -0.15) is 0 Å². The molecule has 30 heavy (non-hydrogen) atoms. The summed E-state index contributed by atoms with van der Waals surface area (Å²) in [7, 11) is 0. The number of ketones is 1. The van der Waals surface area contributed by atoms with Gasteiger partial charge >= 0.3 is 0 Å². The predicted octanol–water partition coefficient (Wildman–Crippen LogP) is 6.41. The summed E-state index contributed by atoms with van der Waals surface area (Å²) in [5.74, 6) is -1.59. The summed E-state index contributed by atoms with van der Waals surface area (Å²) in [5.41, 5.74) is 2.82. The number of amides is 1. The van der Waals surface area contributed by atoms with Crippen LogP contribution in [0.5, 0.6) is 0 Å². The second-order valence-electron chi connectivity index (χ2n) is 7.08. The van der Waals surface area contributed by atoms with Crippen LogP contribution in [0.15, 0.2) is 64.0 Å². The Morgan fingerprint density at radius 1 is 1.10 bits per heavy atom. The Hall–Kier alpha value is -2.41. The lowest BCUT2D eigenvalue weighted by molar-refractivity contribution is -0.132. The first-order chi connectivity index (χ1) is 14.3. The lowest BCUT2D eigenvalue weighted by Crippen LogP contribution is -2.29. The Morgan fingerprint density at radius 2 is 1.87 bits per heavy atom. The van der Waals surface area contributed by atoms with Crippen LogP contribution in [0.2, 0.25) is 5.02 Å². The number of anilines is 1. The Labute approximate surface area is 191 Å². The maximum atomic E-state index is 13.1. The smallest absolute Gasteiger partial charge is 0.300 e. The lowest BCUT2D eigenvalue weighted by Gasteiger charge is -2.26. The summed E-state index contributed by atoms with van der Waals surface area (Å²) in [6.07, 6.45) is 0. The molecule has 3 aromatic rings. The van der Waals surface area contributed by atoms with Crippen molar-refractivity contribution in [1.82, 2.24) is 0 Å². The quantitative estimate of drug-likeness (QED) is 0.256. The Balaban J connectivity index is 1.96. The number of benzene rings is 2. The number of carbonyl (C=O) groups excluding carboxylic acids is 2. The van der Waals surface area contributed by atoms with Gasteiger partial charge in [-0.15, -0.1) is 11.3 Å². The maximum absolute atomic E-state index is 13.1. The molecule has 152 valence electrons. The van der Waals surface area contributed by atoms with Gasteiger partial charge in [-0.05, 0) is 60.7 Å². The van der Waals surface area contributed by atoms with Gasteiger partial charge in [0.05, 0.1) is 5.57 Å². The van der Waals surface area contributed by atoms with Gasteiger partial charge in [0.25, 0.3) is 11.7 Å². The highest BCUT2D eigenvalue weighted by atomic mass is 79.9. The summed E-state index contributed by atoms with van der Waals surface area (Å²) >= 11 is 11.1. The van der Waals surface area contributed by atoms with E-state index in [0.717, 1.165) is 20.5 Å². The highest BCUT2D eigenvalue weighted by Gasteiger charge is 2.47. The number of nitrogens with zero attached hydrogens (tertiary/aromatic N) is 1. The van der Waals surface area contributed by atoms with E-state index in [-0.39, 0.29) is 11.3 Å². The zero-order chi connectivity index (χ0) is 21.6. The zero-order valence-electron chi connectivity index (χ0n) is 16.1. The molecule has 4 nitrogen and oxygen atoms in total. The SMILES string of the molecule is Cc1cc(/C(O)=C2/C(=O)C(=O)N(c3cc(Cl)ccc3C)C2c2cccs2)ccc1Br. The summed E-state index contributed by atoms with van der Waals surface area (Å²) in [5, 5.41) is 13.5. The molecule has 0 spiro atoms. The van der Waals surface area contributed by atoms with Crippen molar-refractivity contribution in [1.29, 1.82) is 0 Å². The molecule has 7 heteroatoms. The molecule has 1 atom stereocenters. The van der Waals surface area contributed by atoms with Crippen molar-refractivity contribution >= 4 is 62.0 Å². The number of aliphatic hydroxyl groups is 1. The molecule has 1 amide bonds. The normalized spacial score (nSPS) is 18.3. The highest BCUT2D eigenvalue weighted by molar-refractivity contribution is 9.10. The number of hydrogen-bond acceptors (Lipinski definition) is 4. The Bertz CT molecular complexity index is 1200. The molecule has 1 unspecified atom stereocenters. The second-order valence-corrected chi connectivity index (χ2v) is 9.35. The minimum atomic E-state index is -0.730. The fourth-order valence-corrected chi connectivity index (χ4v) is 4.82. The average Bonchev–Trinajstić information content (AvgIpc) is 3.33. The van der Waals surface area contributed by atoms with Gasteiger partial charge in [0.1, 0.15) is 11.8 Å². The molecule has 1 saturated heterocycles. The van der Waals surface area contributed by atoms with E-state index in [9.17, 15) is 14.7 Å². The number of aryl methyl sites for hydroxylation is 2. The summed E-state index contributed by atoms with van der Waals surface area (Å²) < 4.78 is 0.892. The van der Waals surface area contributed by atoms with Crippen LogP contribution in [0, 0.1) is 13.8 Å². The van der Waals surface area contributed by atoms with Crippen molar-refractivity contribution in [3.8, 4) is 0 Å². The van der Waals surface area contributed by atoms with Crippen molar-refractivity contribution in [3.05, 3.63) is 90.5 Å². The van der Waals surface area contributed by atoms with Crippen LogP contribution in [-0.4, -0.2) is 16.8 Å². The van der Waals surface area contributed by atoms with Gasteiger partial charge in [-0.1, -0.05) is 45.7 Å². The fourth-order valence-electron chi connectivity index (χ4n) is 3.59. The number of carbonyl (C=O) groups is 2. The van der Waals surface area contributed by atoms with Crippen LogP contribution >= 0.6 is 38.9 Å². The van der Waals surface area contributed by atoms with Crippen LogP contribution in [0.1, 0.15) is 27.6 Å². The minimum Gasteiger partial charge on any atom is -0.507 e. The van der Waals surface area contributed by atoms with Gasteiger partial charge in [0, 0.05) is 25.6 Å². The van der Waals surface area contributed by atoms with Gasteiger partial charge in [0.2, 0.25) is 0 Å². The van der Waals surface area contributed by atoms with Crippen LogP contribution in [0.25, 0.3) is 5.76 Å². The van der Waals surface area contributed by atoms with E-state index in [0.29, 0.717) is 16.3 Å². The molecule has 0 bridgehead atoms. The molecule has 0 radical (unpaired) electrons. The molecule has 1 N–H and O–H groups in total. The molecule has 1 aromatic heterocycles. The third-order valence-electron chi connectivity index (χ3n) is 5.12. The molecule has 4 rings (SSSR count). The van der Waals surface area contributed by atoms with Crippen LogP contribution in [0.4, 0.5) is 5.69 Å². The lowest BCUT2D eigenvalue weighted by atomic mass is 9.98. The van der Waals surface area contributed by atoms with E-state index in [1.54, 1.807) is 30.3 Å². The van der Waals surface area contributed by atoms with Crippen molar-refractivity contribution in [3.63, 3.8) is 0 Å². The summed E-state index contributed by atoms with van der Waals surface area (Å²) in [4.78, 5) is 28.5. The average molecular weight is 503 g/mol. The number of hydrogen-bond donors (Lipinski definition) is 1. The van der Waals surface area contributed by atoms with Crippen molar-refractivity contribution in [2.75, 3.05) is 4.90 Å². The van der Waals surface area contributed by atoms with Crippen molar-refractivity contribution < 1.29 is 14.7 Å². The van der Waals surface area contributed by atoms with Crippen molar-refractivity contribution in [2.45, 2.75) is 19.9 Å². The van der Waals surface area contributed by atoms with Crippen LogP contribution in [-0.2, 0) is 9.59 Å². The van der Waals surface area contributed by atoms with E-state index >= 15 is 0 Å². The largest absolute Gasteiger partial charge is 0.507 e. The highest BCUT2D eigenvalue weighted by Crippen LogP contribution is 2.45. The first-order valence-electron chi connectivity index (χ1n) is 9.16. The fraction of sp³-hybridized carbons (Fsp3) is 0.130. The molecular weight excluding hydrogens is 486 g/mol. The topological polar surface area (TPSA) is 57.6 Å². The number of thiophene rings is 1. The summed E-state index contributed by atoms with van der Waals surface area (Å²) in [6, 6.07) is 13.5. The minimum absolute atomic E-state index is 0.0727. The van der Waals surface area contributed by atoms with E-state index in [2.05, 4.69) is 15.9 Å². The summed E-state index contributed by atoms with van der Waals surface area (Å²) in [6.45, 7) is 3.75. The van der Waals surface area contributed by atoms with Gasteiger partial charge in [-0.3, -0.25) is 14.5 Å². The Kier molecular flexibility index (Phi) is 5.57.